The van der Waals surface area contributed by atoms with Gasteiger partial charge in [-0.1, -0.05) is 84.4 Å². The highest BCUT2D eigenvalue weighted by Crippen LogP contribution is 2.31. The van der Waals surface area contributed by atoms with E-state index in [4.69, 9.17) is 16.3 Å². The Hall–Kier alpha value is -4.07. The molecule has 1 atom stereocenters. The van der Waals surface area contributed by atoms with Crippen molar-refractivity contribution in [2.45, 2.75) is 19.6 Å². The van der Waals surface area contributed by atoms with Crippen LogP contribution in [0.15, 0.2) is 96.6 Å². The van der Waals surface area contributed by atoms with E-state index in [1.807, 2.05) is 97.9 Å². The van der Waals surface area contributed by atoms with E-state index in [2.05, 4.69) is 11.4 Å². The molecule has 0 unspecified atom stereocenters. The molecule has 0 heterocycles. The standard InChI is InChI=1S/C29H23ClN2O2/c1-20(22-7-3-2-4-8-22)32-29(33)24(18-31)17-27-26-10-6-5-9-23(26)13-16-28(27)34-19-21-11-14-25(30)15-12-21/h2-17,20H,19H2,1H3,(H,32,33)/b24-17+/t20-/m0/s1. The number of rotatable bonds is 7. The largest absolute Gasteiger partial charge is 0.488 e. The molecule has 0 radical (unpaired) electrons. The average Bonchev–Trinajstić information content (AvgIpc) is 2.87. The number of hydrogen-bond acceptors (Lipinski definition) is 3. The summed E-state index contributed by atoms with van der Waals surface area (Å²) >= 11 is 5.98. The van der Waals surface area contributed by atoms with Crippen molar-refractivity contribution in [1.29, 1.82) is 5.26 Å². The number of carbonyl (C=O) groups excluding carboxylic acids is 1. The van der Waals surface area contributed by atoms with Gasteiger partial charge < -0.3 is 10.1 Å². The molecule has 4 rings (SSSR count). The zero-order valence-electron chi connectivity index (χ0n) is 18.7. The molecule has 0 saturated carbocycles. The van der Waals surface area contributed by atoms with Crippen molar-refractivity contribution in [2.24, 2.45) is 0 Å². The molecule has 0 aromatic heterocycles. The lowest BCUT2D eigenvalue weighted by atomic mass is 10.0. The van der Waals surface area contributed by atoms with E-state index in [0.717, 1.165) is 21.9 Å². The first-order valence-electron chi connectivity index (χ1n) is 10.9. The first-order valence-corrected chi connectivity index (χ1v) is 11.3. The summed E-state index contributed by atoms with van der Waals surface area (Å²) in [7, 11) is 0. The average molecular weight is 467 g/mol. The highest BCUT2D eigenvalue weighted by atomic mass is 35.5. The number of nitrogens with zero attached hydrogens (tertiary/aromatic N) is 1. The maximum absolute atomic E-state index is 13.0. The Labute approximate surface area is 204 Å². The molecule has 1 amide bonds. The highest BCUT2D eigenvalue weighted by Gasteiger charge is 2.16. The van der Waals surface area contributed by atoms with Crippen LogP contribution in [-0.4, -0.2) is 5.91 Å². The van der Waals surface area contributed by atoms with Crippen LogP contribution < -0.4 is 10.1 Å². The lowest BCUT2D eigenvalue weighted by molar-refractivity contribution is -0.117. The zero-order valence-corrected chi connectivity index (χ0v) is 19.4. The second-order valence-corrected chi connectivity index (χ2v) is 8.33. The van der Waals surface area contributed by atoms with Crippen LogP contribution in [0.5, 0.6) is 5.75 Å². The van der Waals surface area contributed by atoms with E-state index >= 15 is 0 Å². The maximum atomic E-state index is 13.0. The molecule has 34 heavy (non-hydrogen) atoms. The highest BCUT2D eigenvalue weighted by molar-refractivity contribution is 6.30. The number of nitrogens with one attached hydrogen (secondary N) is 1. The van der Waals surface area contributed by atoms with Gasteiger partial charge in [-0.3, -0.25) is 4.79 Å². The molecule has 4 aromatic rings. The molecular formula is C29H23ClN2O2. The van der Waals surface area contributed by atoms with Crippen LogP contribution in [0.2, 0.25) is 5.02 Å². The normalized spacial score (nSPS) is 12.1. The van der Waals surface area contributed by atoms with Crippen LogP contribution in [-0.2, 0) is 11.4 Å². The van der Waals surface area contributed by atoms with Gasteiger partial charge in [0.05, 0.1) is 6.04 Å². The maximum Gasteiger partial charge on any atom is 0.262 e. The molecular weight excluding hydrogens is 444 g/mol. The molecule has 1 N–H and O–H groups in total. The van der Waals surface area contributed by atoms with E-state index in [1.165, 1.54) is 0 Å². The Kier molecular flexibility index (Phi) is 7.27. The third-order valence-corrected chi connectivity index (χ3v) is 5.79. The minimum absolute atomic E-state index is 0.00970. The van der Waals surface area contributed by atoms with Crippen LogP contribution in [0.1, 0.15) is 29.7 Å². The fourth-order valence-electron chi connectivity index (χ4n) is 3.68. The summed E-state index contributed by atoms with van der Waals surface area (Å²) in [4.78, 5) is 13.0. The zero-order chi connectivity index (χ0) is 23.9. The number of hydrogen-bond donors (Lipinski definition) is 1. The monoisotopic (exact) mass is 466 g/mol. The Morgan fingerprint density at radius 3 is 2.44 bits per heavy atom. The van der Waals surface area contributed by atoms with Crippen LogP contribution in [0.25, 0.3) is 16.8 Å². The summed E-state index contributed by atoms with van der Waals surface area (Å²) in [6, 6.07) is 30.5. The van der Waals surface area contributed by atoms with Gasteiger partial charge >= 0.3 is 0 Å². The third-order valence-electron chi connectivity index (χ3n) is 5.54. The molecule has 0 aliphatic carbocycles. The molecule has 0 aliphatic heterocycles. The minimum atomic E-state index is -0.435. The molecule has 0 aliphatic rings. The number of nitriles is 1. The van der Waals surface area contributed by atoms with Crippen molar-refractivity contribution in [2.75, 3.05) is 0 Å². The summed E-state index contributed by atoms with van der Waals surface area (Å²) in [5.41, 5.74) is 2.62. The molecule has 0 fully saturated rings. The van der Waals surface area contributed by atoms with Crippen LogP contribution in [0, 0.1) is 11.3 Å². The van der Waals surface area contributed by atoms with Gasteiger partial charge in [-0.25, -0.2) is 0 Å². The van der Waals surface area contributed by atoms with Gasteiger partial charge in [0, 0.05) is 10.6 Å². The molecule has 4 aromatic carbocycles. The number of ether oxygens (including phenoxy) is 1. The number of carbonyl (C=O) groups is 1. The topological polar surface area (TPSA) is 62.1 Å². The minimum Gasteiger partial charge on any atom is -0.488 e. The molecule has 0 spiro atoms. The predicted molar refractivity (Wildman–Crippen MR) is 136 cm³/mol. The Bertz CT molecular complexity index is 1370. The van der Waals surface area contributed by atoms with E-state index in [-0.39, 0.29) is 11.6 Å². The van der Waals surface area contributed by atoms with Gasteiger partial charge in [0.25, 0.3) is 5.91 Å². The fraction of sp³-hybridized carbons (Fsp3) is 0.103. The molecule has 5 heteroatoms. The Balaban J connectivity index is 1.66. The number of fused-ring (bicyclic) bond motifs is 1. The number of amides is 1. The first-order chi connectivity index (χ1) is 16.5. The van der Waals surface area contributed by atoms with Crippen LogP contribution in [0.3, 0.4) is 0 Å². The summed E-state index contributed by atoms with van der Waals surface area (Å²) in [5.74, 6) is 0.153. The van der Waals surface area contributed by atoms with Gasteiger partial charge in [-0.15, -0.1) is 0 Å². The summed E-state index contributed by atoms with van der Waals surface area (Å²) in [6.07, 6.45) is 1.60. The smallest absolute Gasteiger partial charge is 0.262 e. The van der Waals surface area contributed by atoms with Crippen LogP contribution >= 0.6 is 11.6 Å². The molecule has 4 nitrogen and oxygen atoms in total. The first kappa shape index (κ1) is 23.1. The summed E-state index contributed by atoms with van der Waals surface area (Å²) in [6.45, 7) is 2.22. The van der Waals surface area contributed by atoms with Crippen molar-refractivity contribution in [3.63, 3.8) is 0 Å². The van der Waals surface area contributed by atoms with E-state index < -0.39 is 5.91 Å². The Morgan fingerprint density at radius 1 is 1.00 bits per heavy atom. The van der Waals surface area contributed by atoms with Crippen LogP contribution in [0.4, 0.5) is 0 Å². The Morgan fingerprint density at radius 2 is 1.71 bits per heavy atom. The van der Waals surface area contributed by atoms with Crippen molar-refractivity contribution in [1.82, 2.24) is 5.32 Å². The summed E-state index contributed by atoms with van der Waals surface area (Å²) in [5, 5.41) is 15.3. The van der Waals surface area contributed by atoms with Crippen molar-refractivity contribution in [3.8, 4) is 11.8 Å². The molecule has 168 valence electrons. The van der Waals surface area contributed by atoms with Crippen molar-refractivity contribution >= 4 is 34.4 Å². The number of halogens is 1. The second kappa shape index (κ2) is 10.7. The SMILES string of the molecule is C[C@H](NC(=O)/C(C#N)=C/c1c(OCc2ccc(Cl)cc2)ccc2ccccc12)c1ccccc1. The van der Waals surface area contributed by atoms with Gasteiger partial charge in [-0.2, -0.15) is 5.26 Å². The summed E-state index contributed by atoms with van der Waals surface area (Å²) < 4.78 is 6.12. The van der Waals surface area contributed by atoms with Gasteiger partial charge in [-0.05, 0) is 53.1 Å². The molecule has 0 bridgehead atoms. The van der Waals surface area contributed by atoms with Gasteiger partial charge in [0.1, 0.15) is 24.0 Å². The van der Waals surface area contributed by atoms with Crippen molar-refractivity contribution in [3.05, 3.63) is 118 Å². The van der Waals surface area contributed by atoms with E-state index in [9.17, 15) is 10.1 Å². The van der Waals surface area contributed by atoms with E-state index in [0.29, 0.717) is 22.9 Å². The fourth-order valence-corrected chi connectivity index (χ4v) is 3.81. The lowest BCUT2D eigenvalue weighted by Gasteiger charge is -2.15. The predicted octanol–water partition coefficient (Wildman–Crippen LogP) is 6.86. The lowest BCUT2D eigenvalue weighted by Crippen LogP contribution is -2.27. The third kappa shape index (κ3) is 5.46. The van der Waals surface area contributed by atoms with E-state index in [1.54, 1.807) is 6.08 Å². The number of benzene rings is 4. The van der Waals surface area contributed by atoms with Crippen molar-refractivity contribution < 1.29 is 9.53 Å². The quantitative estimate of drug-likeness (QED) is 0.239. The van der Waals surface area contributed by atoms with Gasteiger partial charge in [0.15, 0.2) is 0 Å². The second-order valence-electron chi connectivity index (χ2n) is 7.89. The molecule has 0 saturated heterocycles. The van der Waals surface area contributed by atoms with Gasteiger partial charge in [0.2, 0.25) is 0 Å².